The number of sulfonamides is 2. The van der Waals surface area contributed by atoms with Crippen molar-refractivity contribution in [3.05, 3.63) is 0 Å². The summed E-state index contributed by atoms with van der Waals surface area (Å²) in [5, 5.41) is -1.55. The highest BCUT2D eigenvalue weighted by atomic mass is 32.3. The molecule has 0 aliphatic heterocycles. The molecule has 110 valence electrons. The molecule has 18 heavy (non-hydrogen) atoms. The molecule has 13 heteroatoms. The highest BCUT2D eigenvalue weighted by Crippen LogP contribution is 2.10. The van der Waals surface area contributed by atoms with Crippen LogP contribution in [0.3, 0.4) is 0 Å². The Balaban J connectivity index is 5.15. The predicted octanol–water partition coefficient (Wildman–Crippen LogP) is -1.59. The van der Waals surface area contributed by atoms with Gasteiger partial charge in [-0.25, -0.2) is 21.2 Å². The lowest BCUT2D eigenvalue weighted by atomic mass is 11.5. The smallest absolute Gasteiger partial charge is 0.283 e. The van der Waals surface area contributed by atoms with E-state index in [2.05, 4.69) is 8.92 Å². The fourth-order valence-electron chi connectivity index (χ4n) is 0.689. The number of nitrogens with zero attached hydrogens (tertiary/aromatic N) is 1. The maximum atomic E-state index is 11.6. The summed E-state index contributed by atoms with van der Waals surface area (Å²) < 4.78 is 86.7. The van der Waals surface area contributed by atoms with E-state index in [1.165, 1.54) is 0 Å². The van der Waals surface area contributed by atoms with Crippen LogP contribution in [0.1, 0.15) is 0 Å². The van der Waals surface area contributed by atoms with Gasteiger partial charge < -0.3 is 4.74 Å². The molecule has 0 fully saturated rings. The van der Waals surface area contributed by atoms with Crippen LogP contribution in [-0.4, -0.2) is 61.0 Å². The maximum absolute atomic E-state index is 11.6. The minimum atomic E-state index is -4.69. The first-order valence-electron chi connectivity index (χ1n) is 4.10. The number of hydrogen-bond donors (Lipinski definition) is 0. The van der Waals surface area contributed by atoms with E-state index in [1.54, 1.807) is 0 Å². The van der Waals surface area contributed by atoms with Gasteiger partial charge in [0.1, 0.15) is 0 Å². The average molecular weight is 329 g/mol. The summed E-state index contributed by atoms with van der Waals surface area (Å²) in [6.45, 7) is -1.43. The third-order valence-corrected chi connectivity index (χ3v) is 7.89. The first-order chi connectivity index (χ1) is 7.98. The van der Waals surface area contributed by atoms with E-state index in [9.17, 15) is 29.6 Å². The van der Waals surface area contributed by atoms with Gasteiger partial charge in [-0.2, -0.15) is 8.42 Å². The van der Waals surface area contributed by atoms with Crippen molar-refractivity contribution < 1.29 is 38.6 Å². The molecule has 0 aliphatic carbocycles. The minimum absolute atomic E-state index is 0.202. The van der Waals surface area contributed by atoms with Crippen LogP contribution in [0.15, 0.2) is 0 Å². The molecule has 0 aromatic rings. The third kappa shape index (κ3) is 5.11. The molecule has 0 aromatic carbocycles. The monoisotopic (exact) mass is 329 g/mol. The Labute approximate surface area is 105 Å². The van der Waals surface area contributed by atoms with Gasteiger partial charge >= 0.3 is 0 Å². The Kier molecular flexibility index (Phi) is 6.09. The minimum Gasteiger partial charge on any atom is -0.333 e. The Morgan fingerprint density at radius 3 is 1.94 bits per heavy atom. The lowest BCUT2D eigenvalue weighted by Gasteiger charge is -2.16. The van der Waals surface area contributed by atoms with Crippen molar-refractivity contribution in [2.75, 3.05) is 32.0 Å². The molecule has 0 aromatic heterocycles. The van der Waals surface area contributed by atoms with Crippen LogP contribution in [-0.2, 0) is 39.1 Å². The second-order valence-corrected chi connectivity index (χ2v) is 9.16. The molecule has 0 bridgehead atoms. The van der Waals surface area contributed by atoms with Crippen LogP contribution in [0.5, 0.6) is 0 Å². The number of halogens is 1. The number of hydrogen-bond acceptors (Lipinski definition) is 8. The topological polar surface area (TPSA) is 124 Å². The Bertz CT molecular complexity index is 564. The fraction of sp³-hybridized carbons (Fsp3) is 1.00. The molecule has 0 aliphatic rings. The molecule has 0 N–H and O–H groups in total. The average Bonchev–Trinajstić information content (AvgIpc) is 2.24. The second-order valence-electron chi connectivity index (χ2n) is 2.88. The lowest BCUT2D eigenvalue weighted by molar-refractivity contribution is 0.0873. The van der Waals surface area contributed by atoms with Gasteiger partial charge in [-0.15, -0.1) is 0 Å². The van der Waals surface area contributed by atoms with E-state index in [0.717, 1.165) is 7.11 Å². The Hall–Kier alpha value is -0.340. The molecule has 0 saturated carbocycles. The number of ether oxygens (including phenoxy) is 1. The summed E-state index contributed by atoms with van der Waals surface area (Å²) >= 11 is 0. The van der Waals surface area contributed by atoms with Crippen molar-refractivity contribution in [3.8, 4) is 0 Å². The van der Waals surface area contributed by atoms with Gasteiger partial charge in [-0.05, 0) is 0 Å². The first kappa shape index (κ1) is 17.7. The van der Waals surface area contributed by atoms with E-state index < -0.39 is 48.0 Å². The van der Waals surface area contributed by atoms with Crippen LogP contribution in [0.2, 0.25) is 0 Å². The zero-order valence-corrected chi connectivity index (χ0v) is 11.9. The summed E-state index contributed by atoms with van der Waals surface area (Å²) in [4.78, 5) is 0. The molecular weight excluding hydrogens is 317 g/mol. The fourth-order valence-corrected chi connectivity index (χ4v) is 5.45. The largest absolute Gasteiger partial charge is 0.333 e. The van der Waals surface area contributed by atoms with E-state index in [0.29, 0.717) is 7.05 Å². The van der Waals surface area contributed by atoms with Crippen molar-refractivity contribution >= 4 is 30.2 Å². The molecule has 0 atom stereocenters. The normalized spacial score (nSPS) is 14.0. The van der Waals surface area contributed by atoms with Gasteiger partial charge in [0.05, 0.1) is 7.11 Å². The van der Waals surface area contributed by atoms with Gasteiger partial charge in [0.15, 0.2) is 17.9 Å². The highest BCUT2D eigenvalue weighted by molar-refractivity contribution is 8.10. The van der Waals surface area contributed by atoms with Gasteiger partial charge in [-0.3, -0.25) is 4.18 Å². The standard InChI is InChI=1S/C5H12FNO8S3/c1-7(16(8,9)4-15-3-6)17(10,11)5-18(12,13)14-2/h3-5H2,1-2H3. The number of rotatable bonds is 8. The summed E-state index contributed by atoms with van der Waals surface area (Å²) in [6, 6.07) is 0. The third-order valence-electron chi connectivity index (χ3n) is 1.64. The summed E-state index contributed by atoms with van der Waals surface area (Å²) in [5.74, 6) is -1.23. The van der Waals surface area contributed by atoms with Crippen molar-refractivity contribution in [2.45, 2.75) is 0 Å². The molecule has 0 heterocycles. The van der Waals surface area contributed by atoms with Crippen LogP contribution >= 0.6 is 0 Å². The second kappa shape index (κ2) is 6.21. The van der Waals surface area contributed by atoms with Gasteiger partial charge in [0.2, 0.25) is 10.0 Å². The van der Waals surface area contributed by atoms with Gasteiger partial charge in [-0.1, -0.05) is 3.71 Å². The molecular formula is C5H12FNO8S3. The summed E-state index contributed by atoms with van der Waals surface area (Å²) in [5.41, 5.74) is 0. The molecule has 0 radical (unpaired) electrons. The van der Waals surface area contributed by atoms with E-state index >= 15 is 0 Å². The molecule has 0 rings (SSSR count). The first-order valence-corrected chi connectivity index (χ1v) is 8.89. The summed E-state index contributed by atoms with van der Waals surface area (Å²) in [6.07, 6.45) is 0. The van der Waals surface area contributed by atoms with Crippen LogP contribution in [0.4, 0.5) is 4.39 Å². The van der Waals surface area contributed by atoms with Crippen molar-refractivity contribution in [1.82, 2.24) is 3.71 Å². The van der Waals surface area contributed by atoms with Crippen molar-refractivity contribution in [1.29, 1.82) is 0 Å². The molecule has 0 spiro atoms. The van der Waals surface area contributed by atoms with Gasteiger partial charge in [0.25, 0.3) is 20.1 Å². The lowest BCUT2D eigenvalue weighted by Crippen LogP contribution is -2.39. The molecule has 9 nitrogen and oxygen atoms in total. The van der Waals surface area contributed by atoms with E-state index in [-0.39, 0.29) is 3.71 Å². The molecule has 0 amide bonds. The van der Waals surface area contributed by atoms with Gasteiger partial charge in [0, 0.05) is 7.05 Å². The predicted molar refractivity (Wildman–Crippen MR) is 58.3 cm³/mol. The highest BCUT2D eigenvalue weighted by Gasteiger charge is 2.34. The molecule has 0 saturated heterocycles. The van der Waals surface area contributed by atoms with Crippen LogP contribution in [0.25, 0.3) is 0 Å². The quantitative estimate of drug-likeness (QED) is 0.488. The van der Waals surface area contributed by atoms with Crippen molar-refractivity contribution in [3.63, 3.8) is 0 Å². The summed E-state index contributed by atoms with van der Waals surface area (Å²) in [7, 11) is -12.3. The van der Waals surface area contributed by atoms with Crippen LogP contribution in [0, 0.1) is 0 Å². The SMILES string of the molecule is COS(=O)(=O)CS(=O)(=O)N(C)S(=O)(=O)COCF. The molecule has 0 unspecified atom stereocenters. The van der Waals surface area contributed by atoms with E-state index in [1.807, 2.05) is 0 Å². The number of alkyl halides is 1. The van der Waals surface area contributed by atoms with Crippen molar-refractivity contribution in [2.24, 2.45) is 0 Å². The Morgan fingerprint density at radius 1 is 1.06 bits per heavy atom. The maximum Gasteiger partial charge on any atom is 0.283 e. The van der Waals surface area contributed by atoms with Crippen LogP contribution < -0.4 is 0 Å². The van der Waals surface area contributed by atoms with E-state index in [4.69, 9.17) is 0 Å². The zero-order valence-electron chi connectivity index (χ0n) is 9.44. The Morgan fingerprint density at radius 2 is 1.56 bits per heavy atom. The zero-order chi connectivity index (χ0) is 14.6.